The summed E-state index contributed by atoms with van der Waals surface area (Å²) < 4.78 is 0. The minimum absolute atomic E-state index is 0.169. The highest BCUT2D eigenvalue weighted by Crippen LogP contribution is 2.13. The number of allylic oxidation sites excluding steroid dienone is 1. The van der Waals surface area contributed by atoms with E-state index in [2.05, 4.69) is 6.58 Å². The molecule has 0 aromatic carbocycles. The molecule has 0 rings (SSSR count). The third kappa shape index (κ3) is 4.59. The highest BCUT2D eigenvalue weighted by molar-refractivity contribution is 5.69. The summed E-state index contributed by atoms with van der Waals surface area (Å²) in [4.78, 5) is 10.6. The van der Waals surface area contributed by atoms with E-state index in [0.717, 1.165) is 25.7 Å². The predicted octanol–water partition coefficient (Wildman–Crippen LogP) is 2.45. The molecule has 2 nitrogen and oxygen atoms in total. The van der Waals surface area contributed by atoms with Crippen molar-refractivity contribution in [1.29, 1.82) is 0 Å². The van der Waals surface area contributed by atoms with Crippen molar-refractivity contribution in [2.45, 2.75) is 32.6 Å². The van der Waals surface area contributed by atoms with E-state index in [9.17, 15) is 4.79 Å². The Kier molecular flexibility index (Phi) is 5.53. The predicted molar refractivity (Wildman–Crippen MR) is 45.5 cm³/mol. The molecule has 1 unspecified atom stereocenters. The first-order valence-electron chi connectivity index (χ1n) is 4.06. The van der Waals surface area contributed by atoms with E-state index >= 15 is 0 Å². The van der Waals surface area contributed by atoms with Crippen molar-refractivity contribution in [3.05, 3.63) is 12.7 Å². The summed E-state index contributed by atoms with van der Waals surface area (Å²) in [7, 11) is 0. The summed E-state index contributed by atoms with van der Waals surface area (Å²) in [6.07, 6.45) is 5.02. The Labute approximate surface area is 67.9 Å². The van der Waals surface area contributed by atoms with Gasteiger partial charge in [-0.2, -0.15) is 0 Å². The smallest absolute Gasteiger partial charge is 0.306 e. The minimum atomic E-state index is -0.672. The van der Waals surface area contributed by atoms with E-state index in [0.29, 0.717) is 0 Å². The number of hydrogen-bond donors (Lipinski definition) is 1. The lowest BCUT2D eigenvalue weighted by Crippen LogP contribution is -2.12. The Morgan fingerprint density at radius 3 is 2.64 bits per heavy atom. The molecule has 11 heavy (non-hydrogen) atoms. The second-order valence-corrected chi connectivity index (χ2v) is 2.69. The van der Waals surface area contributed by atoms with Crippen LogP contribution in [-0.4, -0.2) is 11.1 Å². The lowest BCUT2D eigenvalue weighted by molar-refractivity contribution is -0.142. The number of aliphatic carboxylic acids is 1. The van der Waals surface area contributed by atoms with Crippen LogP contribution in [0, 0.1) is 5.92 Å². The molecule has 0 aliphatic heterocycles. The Morgan fingerprint density at radius 2 is 2.27 bits per heavy atom. The van der Waals surface area contributed by atoms with Crippen LogP contribution in [0.25, 0.3) is 0 Å². The summed E-state index contributed by atoms with van der Waals surface area (Å²) in [6, 6.07) is 0. The molecular formula is C9H16O2. The van der Waals surface area contributed by atoms with Crippen molar-refractivity contribution in [2.24, 2.45) is 5.92 Å². The number of hydrogen-bond acceptors (Lipinski definition) is 1. The molecule has 0 aromatic rings. The van der Waals surface area contributed by atoms with Crippen molar-refractivity contribution in [3.8, 4) is 0 Å². The second kappa shape index (κ2) is 5.96. The van der Waals surface area contributed by atoms with Crippen molar-refractivity contribution in [2.75, 3.05) is 0 Å². The molecule has 0 spiro atoms. The average molecular weight is 156 g/mol. The number of carboxylic acids is 1. The Hall–Kier alpha value is -0.790. The van der Waals surface area contributed by atoms with Gasteiger partial charge in [-0.25, -0.2) is 0 Å². The van der Waals surface area contributed by atoms with E-state index in [-0.39, 0.29) is 5.92 Å². The Balaban J connectivity index is 3.68. The first kappa shape index (κ1) is 10.2. The van der Waals surface area contributed by atoms with E-state index < -0.39 is 5.97 Å². The SMILES string of the molecule is C=CCCC(CCC)C(=O)O. The van der Waals surface area contributed by atoms with E-state index in [1.165, 1.54) is 0 Å². The topological polar surface area (TPSA) is 37.3 Å². The van der Waals surface area contributed by atoms with Gasteiger partial charge in [0.25, 0.3) is 0 Å². The zero-order valence-corrected chi connectivity index (χ0v) is 7.05. The molecule has 0 amide bonds. The van der Waals surface area contributed by atoms with Crippen LogP contribution in [0.3, 0.4) is 0 Å². The number of rotatable bonds is 6. The monoisotopic (exact) mass is 156 g/mol. The van der Waals surface area contributed by atoms with Crippen molar-refractivity contribution >= 4 is 5.97 Å². The zero-order valence-electron chi connectivity index (χ0n) is 7.05. The van der Waals surface area contributed by atoms with Crippen LogP contribution in [0.15, 0.2) is 12.7 Å². The molecule has 0 aliphatic rings. The fourth-order valence-electron chi connectivity index (χ4n) is 1.06. The van der Waals surface area contributed by atoms with Gasteiger partial charge in [-0.3, -0.25) is 4.79 Å². The second-order valence-electron chi connectivity index (χ2n) is 2.69. The fourth-order valence-corrected chi connectivity index (χ4v) is 1.06. The van der Waals surface area contributed by atoms with Crippen LogP contribution in [0.5, 0.6) is 0 Å². The van der Waals surface area contributed by atoms with Crippen LogP contribution < -0.4 is 0 Å². The van der Waals surface area contributed by atoms with Crippen molar-refractivity contribution in [1.82, 2.24) is 0 Å². The third-order valence-corrected chi connectivity index (χ3v) is 1.71. The summed E-state index contributed by atoms with van der Waals surface area (Å²) in [6.45, 7) is 5.56. The number of carboxylic acid groups (broad SMARTS) is 1. The van der Waals surface area contributed by atoms with E-state index in [1.54, 1.807) is 6.08 Å². The van der Waals surface area contributed by atoms with Gasteiger partial charge in [0.05, 0.1) is 5.92 Å². The summed E-state index contributed by atoms with van der Waals surface area (Å²) in [5.41, 5.74) is 0. The molecule has 1 atom stereocenters. The summed E-state index contributed by atoms with van der Waals surface area (Å²) >= 11 is 0. The van der Waals surface area contributed by atoms with Crippen molar-refractivity contribution in [3.63, 3.8) is 0 Å². The summed E-state index contributed by atoms with van der Waals surface area (Å²) in [5, 5.41) is 8.70. The van der Waals surface area contributed by atoms with E-state index in [4.69, 9.17) is 5.11 Å². The minimum Gasteiger partial charge on any atom is -0.481 e. The average Bonchev–Trinajstić information content (AvgIpc) is 1.97. The lowest BCUT2D eigenvalue weighted by Gasteiger charge is -2.08. The standard InChI is InChI=1S/C9H16O2/c1-3-5-7-8(6-4-2)9(10)11/h3,8H,1,4-7H2,2H3,(H,10,11). The highest BCUT2D eigenvalue weighted by atomic mass is 16.4. The summed E-state index contributed by atoms with van der Waals surface area (Å²) in [5.74, 6) is -0.841. The van der Waals surface area contributed by atoms with Gasteiger partial charge in [0.2, 0.25) is 0 Å². The molecule has 0 saturated carbocycles. The molecule has 1 N–H and O–H groups in total. The van der Waals surface area contributed by atoms with Gasteiger partial charge in [0, 0.05) is 0 Å². The lowest BCUT2D eigenvalue weighted by atomic mass is 9.98. The molecule has 0 saturated heterocycles. The first-order chi connectivity index (χ1) is 5.22. The molecule has 2 heteroatoms. The number of carbonyl (C=O) groups is 1. The molecule has 0 heterocycles. The quantitative estimate of drug-likeness (QED) is 0.600. The van der Waals surface area contributed by atoms with Gasteiger partial charge in [-0.05, 0) is 19.3 Å². The molecule has 0 radical (unpaired) electrons. The molecule has 64 valence electrons. The molecular weight excluding hydrogens is 140 g/mol. The van der Waals surface area contributed by atoms with Gasteiger partial charge >= 0.3 is 5.97 Å². The Morgan fingerprint density at radius 1 is 1.64 bits per heavy atom. The maximum absolute atomic E-state index is 10.6. The first-order valence-corrected chi connectivity index (χ1v) is 4.06. The van der Waals surface area contributed by atoms with Crippen LogP contribution in [-0.2, 0) is 4.79 Å². The molecule has 0 aromatic heterocycles. The molecule has 0 fully saturated rings. The normalized spacial score (nSPS) is 12.5. The molecule has 0 bridgehead atoms. The van der Waals surface area contributed by atoms with Gasteiger partial charge in [-0.1, -0.05) is 19.4 Å². The van der Waals surface area contributed by atoms with Gasteiger partial charge in [-0.15, -0.1) is 6.58 Å². The largest absolute Gasteiger partial charge is 0.481 e. The van der Waals surface area contributed by atoms with Crippen LogP contribution in [0.2, 0.25) is 0 Å². The van der Waals surface area contributed by atoms with Gasteiger partial charge in [0.15, 0.2) is 0 Å². The van der Waals surface area contributed by atoms with Crippen LogP contribution in [0.1, 0.15) is 32.6 Å². The van der Waals surface area contributed by atoms with E-state index in [1.807, 2.05) is 6.92 Å². The van der Waals surface area contributed by atoms with Crippen LogP contribution >= 0.6 is 0 Å². The Bertz CT molecular complexity index is 130. The third-order valence-electron chi connectivity index (χ3n) is 1.71. The molecule has 0 aliphatic carbocycles. The zero-order chi connectivity index (χ0) is 8.69. The maximum Gasteiger partial charge on any atom is 0.306 e. The van der Waals surface area contributed by atoms with Gasteiger partial charge in [0.1, 0.15) is 0 Å². The van der Waals surface area contributed by atoms with Crippen LogP contribution in [0.4, 0.5) is 0 Å². The fraction of sp³-hybridized carbons (Fsp3) is 0.667. The highest BCUT2D eigenvalue weighted by Gasteiger charge is 2.14. The maximum atomic E-state index is 10.6. The van der Waals surface area contributed by atoms with Crippen molar-refractivity contribution < 1.29 is 9.90 Å². The van der Waals surface area contributed by atoms with Gasteiger partial charge < -0.3 is 5.11 Å².